The first-order valence-electron chi connectivity index (χ1n) is 10.2. The average molecular weight is 387 g/mol. The SMILES string of the molecule is CCCCCCCC=CC=CCNC(=O)C(=O)NCCc1cccc(OC)c1. The topological polar surface area (TPSA) is 67.4 Å². The summed E-state index contributed by atoms with van der Waals surface area (Å²) in [6, 6.07) is 7.63. The maximum Gasteiger partial charge on any atom is 0.309 e. The Labute approximate surface area is 169 Å². The monoisotopic (exact) mass is 386 g/mol. The number of nitrogens with one attached hydrogen (secondary N) is 2. The van der Waals surface area contributed by atoms with Gasteiger partial charge in [0.15, 0.2) is 0 Å². The highest BCUT2D eigenvalue weighted by molar-refractivity contribution is 6.35. The van der Waals surface area contributed by atoms with Crippen molar-refractivity contribution in [1.82, 2.24) is 10.6 Å². The Morgan fingerprint density at radius 3 is 2.54 bits per heavy atom. The fraction of sp³-hybridized carbons (Fsp3) is 0.478. The Bertz CT molecular complexity index is 638. The highest BCUT2D eigenvalue weighted by atomic mass is 16.5. The van der Waals surface area contributed by atoms with Gasteiger partial charge in [0, 0.05) is 13.1 Å². The lowest BCUT2D eigenvalue weighted by Gasteiger charge is -2.06. The van der Waals surface area contributed by atoms with Crippen LogP contribution in [0.2, 0.25) is 0 Å². The van der Waals surface area contributed by atoms with Gasteiger partial charge < -0.3 is 15.4 Å². The highest BCUT2D eigenvalue weighted by Crippen LogP contribution is 2.12. The third-order valence-corrected chi connectivity index (χ3v) is 4.28. The molecule has 0 saturated carbocycles. The van der Waals surface area contributed by atoms with Crippen molar-refractivity contribution in [3.63, 3.8) is 0 Å². The number of hydrogen-bond donors (Lipinski definition) is 2. The Morgan fingerprint density at radius 2 is 1.75 bits per heavy atom. The molecule has 154 valence electrons. The van der Waals surface area contributed by atoms with Gasteiger partial charge in [-0.2, -0.15) is 0 Å². The number of hydrogen-bond acceptors (Lipinski definition) is 3. The fourth-order valence-corrected chi connectivity index (χ4v) is 2.65. The van der Waals surface area contributed by atoms with Crippen molar-refractivity contribution in [3.8, 4) is 5.75 Å². The molecule has 0 radical (unpaired) electrons. The van der Waals surface area contributed by atoms with Gasteiger partial charge in [-0.25, -0.2) is 0 Å². The molecule has 0 aliphatic heterocycles. The molecule has 5 heteroatoms. The van der Waals surface area contributed by atoms with Crippen molar-refractivity contribution in [1.29, 1.82) is 0 Å². The molecule has 5 nitrogen and oxygen atoms in total. The van der Waals surface area contributed by atoms with E-state index in [0.717, 1.165) is 17.7 Å². The number of methoxy groups -OCH3 is 1. The van der Waals surface area contributed by atoms with E-state index in [1.165, 1.54) is 32.1 Å². The van der Waals surface area contributed by atoms with Crippen molar-refractivity contribution >= 4 is 11.8 Å². The summed E-state index contributed by atoms with van der Waals surface area (Å²) in [5.74, 6) is -0.451. The third-order valence-electron chi connectivity index (χ3n) is 4.28. The van der Waals surface area contributed by atoms with Crippen molar-refractivity contribution in [3.05, 3.63) is 54.1 Å². The first-order valence-corrected chi connectivity index (χ1v) is 10.2. The summed E-state index contributed by atoms with van der Waals surface area (Å²) in [6.07, 6.45) is 16.0. The number of unbranched alkanes of at least 4 members (excludes halogenated alkanes) is 5. The lowest BCUT2D eigenvalue weighted by Crippen LogP contribution is -2.40. The van der Waals surface area contributed by atoms with E-state index in [0.29, 0.717) is 19.5 Å². The Balaban J connectivity index is 2.11. The molecule has 0 heterocycles. The van der Waals surface area contributed by atoms with E-state index >= 15 is 0 Å². The first kappa shape index (κ1) is 23.5. The lowest BCUT2D eigenvalue weighted by atomic mass is 10.1. The maximum atomic E-state index is 11.8. The Kier molecular flexibility index (Phi) is 13.0. The standard InChI is InChI=1S/C23H34N2O3/c1-3-4-5-6-7-8-9-10-11-12-17-24-22(26)23(27)25-18-16-20-14-13-15-21(19-20)28-2/h9-15,19H,3-8,16-18H2,1-2H3,(H,24,26)(H,25,27). The predicted octanol–water partition coefficient (Wildman–Crippen LogP) is 3.94. The molecule has 0 saturated heterocycles. The number of rotatable bonds is 13. The molecular weight excluding hydrogens is 352 g/mol. The summed E-state index contributed by atoms with van der Waals surface area (Å²) < 4.78 is 5.16. The number of carbonyl (C=O) groups excluding carboxylic acids is 2. The molecule has 2 N–H and O–H groups in total. The van der Waals surface area contributed by atoms with Crippen LogP contribution in [0.3, 0.4) is 0 Å². The minimum atomic E-state index is -0.616. The van der Waals surface area contributed by atoms with E-state index in [1.807, 2.05) is 42.5 Å². The molecule has 0 bridgehead atoms. The number of amides is 2. The van der Waals surface area contributed by atoms with Crippen molar-refractivity contribution in [2.24, 2.45) is 0 Å². The molecule has 28 heavy (non-hydrogen) atoms. The van der Waals surface area contributed by atoms with Crippen LogP contribution < -0.4 is 15.4 Å². The Hall–Kier alpha value is -2.56. The zero-order valence-electron chi connectivity index (χ0n) is 17.2. The number of allylic oxidation sites excluding steroid dienone is 3. The van der Waals surface area contributed by atoms with Gasteiger partial charge in [0.05, 0.1) is 7.11 Å². The highest BCUT2D eigenvalue weighted by Gasteiger charge is 2.11. The van der Waals surface area contributed by atoms with Gasteiger partial charge in [-0.1, -0.05) is 69.0 Å². The van der Waals surface area contributed by atoms with Crippen LogP contribution in [-0.2, 0) is 16.0 Å². The van der Waals surface area contributed by atoms with E-state index in [4.69, 9.17) is 4.74 Å². The van der Waals surface area contributed by atoms with Gasteiger partial charge in [0.2, 0.25) is 0 Å². The van der Waals surface area contributed by atoms with Crippen LogP contribution in [0.5, 0.6) is 5.75 Å². The summed E-state index contributed by atoms with van der Waals surface area (Å²) in [5.41, 5.74) is 1.04. The van der Waals surface area contributed by atoms with Gasteiger partial charge in [0.25, 0.3) is 0 Å². The molecule has 0 unspecified atom stereocenters. The lowest BCUT2D eigenvalue weighted by molar-refractivity contribution is -0.139. The normalized spacial score (nSPS) is 11.1. The van der Waals surface area contributed by atoms with E-state index in [-0.39, 0.29) is 0 Å². The smallest absolute Gasteiger partial charge is 0.309 e. The zero-order chi connectivity index (χ0) is 20.5. The van der Waals surface area contributed by atoms with Crippen LogP contribution in [0.25, 0.3) is 0 Å². The minimum Gasteiger partial charge on any atom is -0.497 e. The molecule has 2 amide bonds. The van der Waals surface area contributed by atoms with E-state index in [2.05, 4.69) is 23.6 Å². The molecule has 0 spiro atoms. The molecule has 0 aliphatic carbocycles. The Morgan fingerprint density at radius 1 is 1.00 bits per heavy atom. The molecule has 0 fully saturated rings. The van der Waals surface area contributed by atoms with Crippen LogP contribution in [0.1, 0.15) is 51.0 Å². The average Bonchev–Trinajstić information content (AvgIpc) is 2.71. The predicted molar refractivity (Wildman–Crippen MR) is 114 cm³/mol. The quantitative estimate of drug-likeness (QED) is 0.306. The second-order valence-corrected chi connectivity index (χ2v) is 6.63. The van der Waals surface area contributed by atoms with E-state index in [1.54, 1.807) is 7.11 Å². The summed E-state index contributed by atoms with van der Waals surface area (Å²) in [4.78, 5) is 23.5. The summed E-state index contributed by atoms with van der Waals surface area (Å²) in [7, 11) is 1.62. The number of benzene rings is 1. The maximum absolute atomic E-state index is 11.8. The van der Waals surface area contributed by atoms with Crippen molar-refractivity contribution in [2.75, 3.05) is 20.2 Å². The van der Waals surface area contributed by atoms with Gasteiger partial charge in [0.1, 0.15) is 5.75 Å². The number of ether oxygens (including phenoxy) is 1. The molecule has 1 rings (SSSR count). The largest absolute Gasteiger partial charge is 0.497 e. The van der Waals surface area contributed by atoms with Crippen LogP contribution in [-0.4, -0.2) is 32.0 Å². The number of carbonyl (C=O) groups is 2. The van der Waals surface area contributed by atoms with Crippen LogP contribution in [0, 0.1) is 0 Å². The molecule has 0 atom stereocenters. The van der Waals surface area contributed by atoms with Crippen LogP contribution in [0.4, 0.5) is 0 Å². The molecular formula is C23H34N2O3. The minimum absolute atomic E-state index is 0.336. The van der Waals surface area contributed by atoms with Gasteiger partial charge in [-0.05, 0) is 37.0 Å². The zero-order valence-corrected chi connectivity index (χ0v) is 17.2. The van der Waals surface area contributed by atoms with Gasteiger partial charge in [-0.15, -0.1) is 0 Å². The summed E-state index contributed by atoms with van der Waals surface area (Å²) in [6.45, 7) is 2.95. The molecule has 0 aromatic heterocycles. The van der Waals surface area contributed by atoms with E-state index in [9.17, 15) is 9.59 Å². The van der Waals surface area contributed by atoms with Gasteiger partial charge >= 0.3 is 11.8 Å². The summed E-state index contributed by atoms with van der Waals surface area (Å²) in [5, 5.41) is 5.21. The first-order chi connectivity index (χ1) is 13.7. The van der Waals surface area contributed by atoms with Crippen LogP contribution in [0.15, 0.2) is 48.6 Å². The second-order valence-electron chi connectivity index (χ2n) is 6.63. The van der Waals surface area contributed by atoms with E-state index < -0.39 is 11.8 Å². The summed E-state index contributed by atoms with van der Waals surface area (Å²) >= 11 is 0. The van der Waals surface area contributed by atoms with Crippen molar-refractivity contribution in [2.45, 2.75) is 51.9 Å². The molecule has 1 aromatic rings. The molecule has 0 aliphatic rings. The van der Waals surface area contributed by atoms with Crippen LogP contribution >= 0.6 is 0 Å². The van der Waals surface area contributed by atoms with Crippen molar-refractivity contribution < 1.29 is 14.3 Å². The fourth-order valence-electron chi connectivity index (χ4n) is 2.65. The molecule has 1 aromatic carbocycles. The second kappa shape index (κ2) is 15.5. The van der Waals surface area contributed by atoms with Gasteiger partial charge in [-0.3, -0.25) is 9.59 Å². The third kappa shape index (κ3) is 11.2.